The third-order valence-corrected chi connectivity index (χ3v) is 3.13. The minimum atomic E-state index is -0.113. The van der Waals surface area contributed by atoms with Crippen LogP contribution in [-0.2, 0) is 0 Å². The molecule has 2 rings (SSSR count). The Morgan fingerprint density at radius 2 is 2.25 bits per heavy atom. The number of amides is 1. The highest BCUT2D eigenvalue weighted by Gasteiger charge is 2.16. The van der Waals surface area contributed by atoms with Crippen LogP contribution >= 0.6 is 0 Å². The zero-order chi connectivity index (χ0) is 11.4. The molecule has 0 aromatic carbocycles. The maximum absolute atomic E-state index is 11.8. The molecule has 16 heavy (non-hydrogen) atoms. The van der Waals surface area contributed by atoms with Gasteiger partial charge in [-0.3, -0.25) is 9.78 Å². The zero-order valence-electron chi connectivity index (χ0n) is 9.28. The fourth-order valence-electron chi connectivity index (χ4n) is 2.14. The first-order valence-corrected chi connectivity index (χ1v) is 5.75. The fraction of sp³-hybridized carbons (Fsp3) is 0.500. The monoisotopic (exact) mass is 219 g/mol. The molecule has 1 heterocycles. The number of hydrogen-bond acceptors (Lipinski definition) is 3. The van der Waals surface area contributed by atoms with Crippen molar-refractivity contribution < 1.29 is 4.79 Å². The molecule has 1 fully saturated rings. The molecule has 0 radical (unpaired) electrons. The number of nitrogens with one attached hydrogen (secondary N) is 1. The number of anilines is 1. The van der Waals surface area contributed by atoms with Crippen LogP contribution in [0.15, 0.2) is 18.5 Å². The van der Waals surface area contributed by atoms with E-state index >= 15 is 0 Å². The highest BCUT2D eigenvalue weighted by atomic mass is 16.1. The fourth-order valence-corrected chi connectivity index (χ4v) is 2.14. The second-order valence-electron chi connectivity index (χ2n) is 4.32. The van der Waals surface area contributed by atoms with E-state index in [2.05, 4.69) is 10.3 Å². The summed E-state index contributed by atoms with van der Waals surface area (Å²) in [5, 5.41) is 2.92. The quantitative estimate of drug-likeness (QED) is 0.811. The Labute approximate surface area is 95.3 Å². The molecular formula is C12H17N3O. The number of carbonyl (C=O) groups is 1. The Balaban J connectivity index is 1.90. The van der Waals surface area contributed by atoms with Crippen molar-refractivity contribution in [3.8, 4) is 0 Å². The Hall–Kier alpha value is -1.58. The van der Waals surface area contributed by atoms with Gasteiger partial charge in [-0.05, 0) is 24.8 Å². The van der Waals surface area contributed by atoms with Crippen LogP contribution in [0.1, 0.15) is 36.0 Å². The third-order valence-electron chi connectivity index (χ3n) is 3.13. The van der Waals surface area contributed by atoms with E-state index in [0.29, 0.717) is 17.2 Å². The van der Waals surface area contributed by atoms with Crippen molar-refractivity contribution in [2.45, 2.75) is 25.7 Å². The molecule has 1 aliphatic carbocycles. The average Bonchev–Trinajstić information content (AvgIpc) is 2.79. The Morgan fingerprint density at radius 3 is 2.94 bits per heavy atom. The molecule has 4 nitrogen and oxygen atoms in total. The van der Waals surface area contributed by atoms with Crippen molar-refractivity contribution >= 4 is 11.6 Å². The normalized spacial score (nSPS) is 16.2. The summed E-state index contributed by atoms with van der Waals surface area (Å²) in [6, 6.07) is 1.64. The highest BCUT2D eigenvalue weighted by molar-refractivity contribution is 5.98. The van der Waals surface area contributed by atoms with Crippen LogP contribution in [0, 0.1) is 5.92 Å². The number of rotatable bonds is 3. The lowest BCUT2D eigenvalue weighted by atomic mass is 10.1. The largest absolute Gasteiger partial charge is 0.398 e. The summed E-state index contributed by atoms with van der Waals surface area (Å²) in [7, 11) is 0. The number of nitrogen functional groups attached to an aromatic ring is 1. The first kappa shape index (κ1) is 10.9. The molecule has 4 heteroatoms. The molecule has 0 unspecified atom stereocenters. The number of hydrogen-bond donors (Lipinski definition) is 2. The molecule has 0 aliphatic heterocycles. The lowest BCUT2D eigenvalue weighted by molar-refractivity contribution is 0.0948. The standard InChI is InChI=1S/C12H17N3O/c13-11-5-6-14-8-10(11)12(16)15-7-9-3-1-2-4-9/h5-6,8-9H,1-4,7H2,(H2,13,14)(H,15,16). The first-order chi connectivity index (χ1) is 7.77. The van der Waals surface area contributed by atoms with Gasteiger partial charge < -0.3 is 11.1 Å². The summed E-state index contributed by atoms with van der Waals surface area (Å²) in [6.45, 7) is 0.757. The lowest BCUT2D eigenvalue weighted by Crippen LogP contribution is -2.29. The van der Waals surface area contributed by atoms with Crippen LogP contribution in [0.2, 0.25) is 0 Å². The summed E-state index contributed by atoms with van der Waals surface area (Å²) >= 11 is 0. The van der Waals surface area contributed by atoms with Gasteiger partial charge in [0.15, 0.2) is 0 Å². The van der Waals surface area contributed by atoms with Crippen molar-refractivity contribution in [3.05, 3.63) is 24.0 Å². The average molecular weight is 219 g/mol. The van der Waals surface area contributed by atoms with E-state index in [1.165, 1.54) is 31.9 Å². The number of nitrogens with two attached hydrogens (primary N) is 1. The molecule has 86 valence electrons. The van der Waals surface area contributed by atoms with Gasteiger partial charge in [0.2, 0.25) is 0 Å². The van der Waals surface area contributed by atoms with Gasteiger partial charge in [0.05, 0.1) is 5.56 Å². The second-order valence-corrected chi connectivity index (χ2v) is 4.32. The van der Waals surface area contributed by atoms with Crippen LogP contribution in [-0.4, -0.2) is 17.4 Å². The van der Waals surface area contributed by atoms with Gasteiger partial charge in [-0.2, -0.15) is 0 Å². The number of carbonyl (C=O) groups excluding carboxylic acids is 1. The van der Waals surface area contributed by atoms with E-state index in [1.54, 1.807) is 12.3 Å². The van der Waals surface area contributed by atoms with Crippen LogP contribution < -0.4 is 11.1 Å². The Kier molecular flexibility index (Phi) is 3.39. The van der Waals surface area contributed by atoms with Gasteiger partial charge in [0.25, 0.3) is 5.91 Å². The molecule has 1 aromatic rings. The Morgan fingerprint density at radius 1 is 1.50 bits per heavy atom. The van der Waals surface area contributed by atoms with E-state index in [1.807, 2.05) is 0 Å². The summed E-state index contributed by atoms with van der Waals surface area (Å²) in [5.41, 5.74) is 6.66. The van der Waals surface area contributed by atoms with Crippen LogP contribution in [0.25, 0.3) is 0 Å². The molecule has 1 saturated carbocycles. The first-order valence-electron chi connectivity index (χ1n) is 5.75. The highest BCUT2D eigenvalue weighted by Crippen LogP contribution is 2.23. The molecule has 1 aromatic heterocycles. The van der Waals surface area contributed by atoms with E-state index in [4.69, 9.17) is 5.73 Å². The third kappa shape index (κ3) is 2.51. The predicted molar refractivity (Wildman–Crippen MR) is 62.9 cm³/mol. The van der Waals surface area contributed by atoms with Crippen LogP contribution in [0.5, 0.6) is 0 Å². The van der Waals surface area contributed by atoms with E-state index in [9.17, 15) is 4.79 Å². The summed E-state index contributed by atoms with van der Waals surface area (Å²) in [6.07, 6.45) is 8.12. The maximum atomic E-state index is 11.8. The molecule has 0 spiro atoms. The summed E-state index contributed by atoms with van der Waals surface area (Å²) in [5.74, 6) is 0.527. The predicted octanol–water partition coefficient (Wildman–Crippen LogP) is 1.58. The van der Waals surface area contributed by atoms with Crippen molar-refractivity contribution in [2.24, 2.45) is 5.92 Å². The molecule has 3 N–H and O–H groups in total. The van der Waals surface area contributed by atoms with Crippen molar-refractivity contribution in [1.29, 1.82) is 0 Å². The molecule has 0 saturated heterocycles. The van der Waals surface area contributed by atoms with Gasteiger partial charge in [-0.25, -0.2) is 0 Å². The molecule has 0 bridgehead atoms. The number of pyridine rings is 1. The maximum Gasteiger partial charge on any atom is 0.254 e. The minimum absolute atomic E-state index is 0.113. The van der Waals surface area contributed by atoms with Crippen molar-refractivity contribution in [3.63, 3.8) is 0 Å². The SMILES string of the molecule is Nc1ccncc1C(=O)NCC1CCCC1. The van der Waals surface area contributed by atoms with Gasteiger partial charge in [0, 0.05) is 24.6 Å². The van der Waals surface area contributed by atoms with Crippen LogP contribution in [0.3, 0.4) is 0 Å². The Bertz CT molecular complexity index is 372. The molecule has 1 aliphatic rings. The van der Waals surface area contributed by atoms with E-state index in [-0.39, 0.29) is 5.91 Å². The van der Waals surface area contributed by atoms with Gasteiger partial charge >= 0.3 is 0 Å². The lowest BCUT2D eigenvalue weighted by Gasteiger charge is -2.11. The summed E-state index contributed by atoms with van der Waals surface area (Å²) in [4.78, 5) is 15.7. The van der Waals surface area contributed by atoms with Crippen LogP contribution in [0.4, 0.5) is 5.69 Å². The minimum Gasteiger partial charge on any atom is -0.398 e. The summed E-state index contributed by atoms with van der Waals surface area (Å²) < 4.78 is 0. The van der Waals surface area contributed by atoms with E-state index < -0.39 is 0 Å². The smallest absolute Gasteiger partial charge is 0.254 e. The van der Waals surface area contributed by atoms with Crippen molar-refractivity contribution in [1.82, 2.24) is 10.3 Å². The zero-order valence-corrected chi connectivity index (χ0v) is 9.28. The number of aromatic nitrogens is 1. The molecule has 0 atom stereocenters. The van der Waals surface area contributed by atoms with Gasteiger partial charge in [-0.1, -0.05) is 12.8 Å². The number of nitrogens with zero attached hydrogens (tertiary/aromatic N) is 1. The second kappa shape index (κ2) is 4.96. The van der Waals surface area contributed by atoms with Gasteiger partial charge in [0.1, 0.15) is 0 Å². The molecule has 1 amide bonds. The van der Waals surface area contributed by atoms with Gasteiger partial charge in [-0.15, -0.1) is 0 Å². The van der Waals surface area contributed by atoms with E-state index in [0.717, 1.165) is 6.54 Å². The topological polar surface area (TPSA) is 68.0 Å². The molecular weight excluding hydrogens is 202 g/mol. The van der Waals surface area contributed by atoms with Crippen molar-refractivity contribution in [2.75, 3.05) is 12.3 Å².